The van der Waals surface area contributed by atoms with Gasteiger partial charge in [0.05, 0.1) is 31.9 Å². The van der Waals surface area contributed by atoms with Crippen LogP contribution in [0.1, 0.15) is 37.7 Å². The zero-order chi connectivity index (χ0) is 20.2. The summed E-state index contributed by atoms with van der Waals surface area (Å²) in [6.45, 7) is 5.34. The fraction of sp³-hybridized carbons (Fsp3) is 0.652. The highest BCUT2D eigenvalue weighted by atomic mass is 16.7. The maximum atomic E-state index is 5.57. The summed E-state index contributed by atoms with van der Waals surface area (Å²) in [7, 11) is 0. The van der Waals surface area contributed by atoms with Gasteiger partial charge in [-0.15, -0.1) is 0 Å². The predicted octanol–water partition coefficient (Wildman–Crippen LogP) is 2.99. The van der Waals surface area contributed by atoms with E-state index in [9.17, 15) is 0 Å². The summed E-state index contributed by atoms with van der Waals surface area (Å²) in [6, 6.07) is 7.67. The highest BCUT2D eigenvalue weighted by Gasteiger charge is 2.27. The molecule has 2 saturated heterocycles. The normalized spacial score (nSPS) is 26.3. The number of nitrogens with one attached hydrogen (secondary N) is 1. The number of aromatic nitrogens is 2. The third kappa shape index (κ3) is 4.75. The maximum absolute atomic E-state index is 5.57. The standard InChI is InChI=1S/C23H32N4O3/c1-7-21-20(15-17(1)2-8-22-29-13-14-30-22)23(25-16-24-21)26-18-3-5-19(6-4-18)27-9-11-28-12-10-27/h1,7,15-16,18-19,22H,2-6,8-14H2,(H,24,25,26). The van der Waals surface area contributed by atoms with Crippen LogP contribution < -0.4 is 5.32 Å². The van der Waals surface area contributed by atoms with Crippen molar-refractivity contribution in [2.75, 3.05) is 44.8 Å². The van der Waals surface area contributed by atoms with E-state index >= 15 is 0 Å². The Morgan fingerprint density at radius 1 is 0.967 bits per heavy atom. The Morgan fingerprint density at radius 2 is 1.77 bits per heavy atom. The number of benzene rings is 1. The Kier molecular flexibility index (Phi) is 6.41. The van der Waals surface area contributed by atoms with Crippen molar-refractivity contribution in [3.05, 3.63) is 30.1 Å². The predicted molar refractivity (Wildman–Crippen MR) is 116 cm³/mol. The first kappa shape index (κ1) is 20.1. The van der Waals surface area contributed by atoms with Crippen molar-refractivity contribution in [2.45, 2.75) is 56.9 Å². The Balaban J connectivity index is 1.22. The van der Waals surface area contributed by atoms with E-state index in [-0.39, 0.29) is 6.29 Å². The third-order valence-electron chi connectivity index (χ3n) is 6.66. The summed E-state index contributed by atoms with van der Waals surface area (Å²) in [5, 5.41) is 4.84. The molecule has 1 N–H and O–H groups in total. The molecular formula is C23H32N4O3. The Hall–Kier alpha value is -1.80. The van der Waals surface area contributed by atoms with E-state index in [4.69, 9.17) is 14.2 Å². The molecule has 2 aromatic rings. The number of hydrogen-bond donors (Lipinski definition) is 1. The molecule has 30 heavy (non-hydrogen) atoms. The van der Waals surface area contributed by atoms with Crippen molar-refractivity contribution in [3.63, 3.8) is 0 Å². The van der Waals surface area contributed by atoms with Crippen molar-refractivity contribution >= 4 is 16.7 Å². The summed E-state index contributed by atoms with van der Waals surface area (Å²) in [6.07, 6.45) is 8.28. The van der Waals surface area contributed by atoms with Gasteiger partial charge >= 0.3 is 0 Å². The van der Waals surface area contributed by atoms with E-state index in [1.807, 2.05) is 0 Å². The lowest BCUT2D eigenvalue weighted by Crippen LogP contribution is -2.46. The summed E-state index contributed by atoms with van der Waals surface area (Å²) < 4.78 is 16.6. The number of fused-ring (bicyclic) bond motifs is 1. The van der Waals surface area contributed by atoms with Crippen LogP contribution in [0.3, 0.4) is 0 Å². The van der Waals surface area contributed by atoms with Crippen LogP contribution in [0.5, 0.6) is 0 Å². The lowest BCUT2D eigenvalue weighted by molar-refractivity contribution is -0.0461. The first-order valence-electron chi connectivity index (χ1n) is 11.4. The zero-order valence-electron chi connectivity index (χ0n) is 17.6. The van der Waals surface area contributed by atoms with Gasteiger partial charge in [0.15, 0.2) is 6.29 Å². The molecule has 0 bridgehead atoms. The lowest BCUT2D eigenvalue weighted by atomic mass is 9.90. The SMILES string of the molecule is c1nc(NC2CCC(N3CCOCC3)CC2)c2cc(CCC3OCCO3)ccc2n1. The van der Waals surface area contributed by atoms with Crippen LogP contribution in [-0.2, 0) is 20.6 Å². The second kappa shape index (κ2) is 9.56. The van der Waals surface area contributed by atoms with Gasteiger partial charge in [-0.05, 0) is 49.8 Å². The smallest absolute Gasteiger partial charge is 0.158 e. The van der Waals surface area contributed by atoms with Crippen molar-refractivity contribution in [3.8, 4) is 0 Å². The number of nitrogens with zero attached hydrogens (tertiary/aromatic N) is 3. The molecule has 2 aliphatic heterocycles. The second-order valence-electron chi connectivity index (χ2n) is 8.58. The average molecular weight is 413 g/mol. The number of anilines is 1. The lowest BCUT2D eigenvalue weighted by Gasteiger charge is -2.39. The van der Waals surface area contributed by atoms with E-state index in [1.54, 1.807) is 6.33 Å². The van der Waals surface area contributed by atoms with Gasteiger partial charge in [0.1, 0.15) is 12.1 Å². The molecule has 3 fully saturated rings. The van der Waals surface area contributed by atoms with Gasteiger partial charge in [0, 0.05) is 37.0 Å². The molecule has 3 aliphatic rings. The summed E-state index contributed by atoms with van der Waals surface area (Å²) in [5.41, 5.74) is 2.27. The molecule has 5 rings (SSSR count). The molecule has 0 amide bonds. The van der Waals surface area contributed by atoms with Crippen LogP contribution in [-0.4, -0.2) is 72.8 Å². The van der Waals surface area contributed by atoms with Crippen LogP contribution in [0, 0.1) is 0 Å². The molecule has 1 saturated carbocycles. The Bertz CT molecular complexity index is 828. The van der Waals surface area contributed by atoms with Gasteiger partial charge in [0.2, 0.25) is 0 Å². The van der Waals surface area contributed by atoms with Gasteiger partial charge in [-0.1, -0.05) is 6.07 Å². The van der Waals surface area contributed by atoms with Crippen LogP contribution in [0.4, 0.5) is 5.82 Å². The van der Waals surface area contributed by atoms with E-state index in [2.05, 4.69) is 38.4 Å². The third-order valence-corrected chi connectivity index (χ3v) is 6.66. The molecule has 0 spiro atoms. The molecule has 7 heteroatoms. The van der Waals surface area contributed by atoms with Gasteiger partial charge in [-0.25, -0.2) is 9.97 Å². The minimum absolute atomic E-state index is 0.0630. The molecule has 162 valence electrons. The molecule has 1 aromatic carbocycles. The quantitative estimate of drug-likeness (QED) is 0.782. The van der Waals surface area contributed by atoms with Gasteiger partial charge in [0.25, 0.3) is 0 Å². The van der Waals surface area contributed by atoms with Crippen LogP contribution >= 0.6 is 0 Å². The molecule has 7 nitrogen and oxygen atoms in total. The van der Waals surface area contributed by atoms with Crippen molar-refractivity contribution in [2.24, 2.45) is 0 Å². The Morgan fingerprint density at radius 3 is 2.57 bits per heavy atom. The monoisotopic (exact) mass is 412 g/mol. The topological polar surface area (TPSA) is 68.7 Å². The minimum Gasteiger partial charge on any atom is -0.379 e. The number of rotatable bonds is 6. The molecule has 3 heterocycles. The van der Waals surface area contributed by atoms with E-state index in [0.717, 1.165) is 55.9 Å². The number of ether oxygens (including phenoxy) is 3. The van der Waals surface area contributed by atoms with Crippen molar-refractivity contribution in [1.82, 2.24) is 14.9 Å². The molecule has 0 atom stereocenters. The second-order valence-corrected chi connectivity index (χ2v) is 8.58. The van der Waals surface area contributed by atoms with Gasteiger partial charge in [-0.2, -0.15) is 0 Å². The van der Waals surface area contributed by atoms with Gasteiger partial charge < -0.3 is 19.5 Å². The van der Waals surface area contributed by atoms with E-state index in [0.29, 0.717) is 25.3 Å². The largest absolute Gasteiger partial charge is 0.379 e. The zero-order valence-corrected chi connectivity index (χ0v) is 17.6. The molecule has 1 aromatic heterocycles. The number of morpholine rings is 1. The van der Waals surface area contributed by atoms with Crippen molar-refractivity contribution < 1.29 is 14.2 Å². The van der Waals surface area contributed by atoms with E-state index in [1.165, 1.54) is 31.2 Å². The van der Waals surface area contributed by atoms with Crippen LogP contribution in [0.25, 0.3) is 10.9 Å². The highest BCUT2D eigenvalue weighted by molar-refractivity contribution is 5.89. The van der Waals surface area contributed by atoms with Crippen molar-refractivity contribution in [1.29, 1.82) is 0 Å². The fourth-order valence-corrected chi connectivity index (χ4v) is 4.95. The van der Waals surface area contributed by atoms with Crippen LogP contribution in [0.15, 0.2) is 24.5 Å². The fourth-order valence-electron chi connectivity index (χ4n) is 4.95. The minimum atomic E-state index is -0.0630. The van der Waals surface area contributed by atoms with Crippen LogP contribution in [0.2, 0.25) is 0 Å². The highest BCUT2D eigenvalue weighted by Crippen LogP contribution is 2.28. The average Bonchev–Trinajstić information content (AvgIpc) is 3.33. The molecule has 0 radical (unpaired) electrons. The maximum Gasteiger partial charge on any atom is 0.158 e. The summed E-state index contributed by atoms with van der Waals surface area (Å²) in [4.78, 5) is 11.7. The number of hydrogen-bond acceptors (Lipinski definition) is 7. The van der Waals surface area contributed by atoms with Gasteiger partial charge in [-0.3, -0.25) is 4.90 Å². The molecule has 1 aliphatic carbocycles. The summed E-state index contributed by atoms with van der Waals surface area (Å²) >= 11 is 0. The summed E-state index contributed by atoms with van der Waals surface area (Å²) in [5.74, 6) is 0.963. The number of aryl methyl sites for hydroxylation is 1. The molecule has 0 unspecified atom stereocenters. The first-order chi connectivity index (χ1) is 14.8. The first-order valence-corrected chi connectivity index (χ1v) is 11.4. The van der Waals surface area contributed by atoms with E-state index < -0.39 is 0 Å². The molecular weight excluding hydrogens is 380 g/mol. The Labute approximate surface area is 178 Å².